The fourth-order valence-corrected chi connectivity index (χ4v) is 2.22. The van der Waals surface area contributed by atoms with Crippen LogP contribution in [0.1, 0.15) is 36.7 Å². The molecule has 1 aromatic carbocycles. The topological polar surface area (TPSA) is 20.3 Å². The van der Waals surface area contributed by atoms with Crippen molar-refractivity contribution in [2.24, 2.45) is 0 Å². The predicted molar refractivity (Wildman–Crippen MR) is 70.0 cm³/mol. The van der Waals surface area contributed by atoms with Crippen molar-refractivity contribution in [2.45, 2.75) is 26.9 Å². The fraction of sp³-hybridized carbons (Fsp3) is 0.462. The lowest BCUT2D eigenvalue weighted by molar-refractivity contribution is -0.137. The molecule has 0 bridgehead atoms. The van der Waals surface area contributed by atoms with Crippen LogP contribution in [-0.2, 0) is 6.18 Å². The van der Waals surface area contributed by atoms with Crippen molar-refractivity contribution in [3.63, 3.8) is 0 Å². The second-order valence-electron chi connectivity index (χ2n) is 4.08. The minimum absolute atomic E-state index is 0.0340. The van der Waals surface area contributed by atoms with E-state index in [1.807, 2.05) is 0 Å². The number of rotatable bonds is 4. The summed E-state index contributed by atoms with van der Waals surface area (Å²) in [5, 5.41) is -0.0521. The molecule has 0 radical (unpaired) electrons. The van der Waals surface area contributed by atoms with Gasteiger partial charge in [-0.25, -0.2) is 0 Å². The molecular weight excluding hydrogens is 279 g/mol. The van der Waals surface area contributed by atoms with Gasteiger partial charge in [0.05, 0.1) is 16.3 Å². The molecule has 0 amide bonds. The Morgan fingerprint density at radius 3 is 2.16 bits per heavy atom. The average molecular weight is 294 g/mol. The Balaban J connectivity index is 3.57. The molecule has 6 heteroatoms. The number of anilines is 1. The van der Waals surface area contributed by atoms with Crippen molar-refractivity contribution in [3.8, 4) is 0 Å². The third-order valence-corrected chi connectivity index (χ3v) is 3.14. The summed E-state index contributed by atoms with van der Waals surface area (Å²) in [6.07, 6.45) is -4.55. The molecule has 0 heterocycles. The number of halogens is 4. The van der Waals surface area contributed by atoms with Gasteiger partial charge in [0, 0.05) is 18.7 Å². The second kappa shape index (κ2) is 5.82. The van der Waals surface area contributed by atoms with Crippen molar-refractivity contribution in [1.82, 2.24) is 0 Å². The number of carbonyl (C=O) groups is 1. The molecule has 106 valence electrons. The van der Waals surface area contributed by atoms with Gasteiger partial charge in [-0.3, -0.25) is 4.79 Å². The molecule has 19 heavy (non-hydrogen) atoms. The zero-order valence-electron chi connectivity index (χ0n) is 10.9. The van der Waals surface area contributed by atoms with Crippen LogP contribution in [0.5, 0.6) is 0 Å². The molecule has 0 aliphatic heterocycles. The highest BCUT2D eigenvalue weighted by atomic mass is 35.5. The Bertz CT molecular complexity index is 482. The van der Waals surface area contributed by atoms with E-state index in [9.17, 15) is 18.0 Å². The Kier molecular flexibility index (Phi) is 4.85. The quantitative estimate of drug-likeness (QED) is 0.767. The lowest BCUT2D eigenvalue weighted by Crippen LogP contribution is -2.26. The van der Waals surface area contributed by atoms with Crippen LogP contribution in [0.2, 0.25) is 5.02 Å². The summed E-state index contributed by atoms with van der Waals surface area (Å²) in [4.78, 5) is 12.8. The first-order chi connectivity index (χ1) is 8.72. The minimum Gasteiger partial charge on any atom is -0.370 e. The Morgan fingerprint density at radius 2 is 1.79 bits per heavy atom. The van der Waals surface area contributed by atoms with Crippen LogP contribution in [-0.4, -0.2) is 18.9 Å². The van der Waals surface area contributed by atoms with E-state index in [0.717, 1.165) is 6.07 Å². The molecule has 0 aliphatic carbocycles. The summed E-state index contributed by atoms with van der Waals surface area (Å²) < 4.78 is 39.3. The van der Waals surface area contributed by atoms with Gasteiger partial charge in [-0.1, -0.05) is 11.6 Å². The number of hydrogen-bond donors (Lipinski definition) is 0. The van der Waals surface area contributed by atoms with Gasteiger partial charge in [0.25, 0.3) is 0 Å². The van der Waals surface area contributed by atoms with Gasteiger partial charge >= 0.3 is 6.18 Å². The number of alkyl halides is 3. The lowest BCUT2D eigenvalue weighted by atomic mass is 10.0. The highest BCUT2D eigenvalue weighted by Gasteiger charge is 2.36. The number of nitrogens with zero attached hydrogens (tertiary/aromatic N) is 1. The molecular formula is C13H15ClF3NO. The lowest BCUT2D eigenvalue weighted by Gasteiger charge is -2.26. The van der Waals surface area contributed by atoms with Gasteiger partial charge in [0.15, 0.2) is 5.78 Å². The van der Waals surface area contributed by atoms with Gasteiger partial charge in [0.2, 0.25) is 0 Å². The summed E-state index contributed by atoms with van der Waals surface area (Å²) in [6, 6.07) is 2.15. The molecule has 0 spiro atoms. The number of Topliss-reactive ketones (excluding diaryl/α,β-unsaturated/α-hetero) is 1. The largest absolute Gasteiger partial charge is 0.418 e. The molecule has 1 aromatic rings. The molecule has 0 aliphatic rings. The van der Waals surface area contributed by atoms with E-state index in [1.165, 1.54) is 17.9 Å². The van der Waals surface area contributed by atoms with E-state index in [1.54, 1.807) is 13.8 Å². The van der Waals surface area contributed by atoms with Crippen molar-refractivity contribution in [2.75, 3.05) is 18.0 Å². The number of ketones is 1. The van der Waals surface area contributed by atoms with Crippen molar-refractivity contribution in [3.05, 3.63) is 28.3 Å². The molecule has 0 saturated carbocycles. The van der Waals surface area contributed by atoms with Gasteiger partial charge in [-0.2, -0.15) is 13.2 Å². The van der Waals surface area contributed by atoms with E-state index in [2.05, 4.69) is 0 Å². The standard InChI is InChI=1S/C13H15ClF3NO/c1-4-18(5-2)12-10(13(15,16)17)6-9(8(3)19)7-11(12)14/h6-7H,4-5H2,1-3H3. The van der Waals surface area contributed by atoms with E-state index >= 15 is 0 Å². The second-order valence-corrected chi connectivity index (χ2v) is 4.49. The normalized spacial score (nSPS) is 11.5. The third-order valence-electron chi connectivity index (χ3n) is 2.86. The molecule has 0 aromatic heterocycles. The maximum atomic E-state index is 13.1. The SMILES string of the molecule is CCN(CC)c1c(Cl)cc(C(C)=O)cc1C(F)(F)F. The van der Waals surface area contributed by atoms with Crippen LogP contribution in [0.3, 0.4) is 0 Å². The van der Waals surface area contributed by atoms with Crippen molar-refractivity contribution < 1.29 is 18.0 Å². The highest BCUT2D eigenvalue weighted by molar-refractivity contribution is 6.34. The van der Waals surface area contributed by atoms with Crippen LogP contribution in [0.15, 0.2) is 12.1 Å². The molecule has 2 nitrogen and oxygen atoms in total. The number of carbonyl (C=O) groups excluding carboxylic acids is 1. The van der Waals surface area contributed by atoms with E-state index in [4.69, 9.17) is 11.6 Å². The Morgan fingerprint density at radius 1 is 1.26 bits per heavy atom. The molecule has 0 saturated heterocycles. The van der Waals surface area contributed by atoms with E-state index < -0.39 is 17.5 Å². The van der Waals surface area contributed by atoms with Crippen LogP contribution < -0.4 is 4.90 Å². The van der Waals surface area contributed by atoms with Crippen molar-refractivity contribution in [1.29, 1.82) is 0 Å². The van der Waals surface area contributed by atoms with Gasteiger partial charge < -0.3 is 4.90 Å². The van der Waals surface area contributed by atoms with E-state index in [-0.39, 0.29) is 16.3 Å². The van der Waals surface area contributed by atoms with Gasteiger partial charge in [-0.05, 0) is 32.9 Å². The van der Waals surface area contributed by atoms with Crippen molar-refractivity contribution >= 4 is 23.1 Å². The van der Waals surface area contributed by atoms with Crippen LogP contribution in [0.4, 0.5) is 18.9 Å². The number of benzene rings is 1. The molecule has 1 rings (SSSR count). The smallest absolute Gasteiger partial charge is 0.370 e. The predicted octanol–water partition coefficient (Wildman–Crippen LogP) is 4.41. The van der Waals surface area contributed by atoms with Crippen LogP contribution >= 0.6 is 11.6 Å². The minimum atomic E-state index is -4.55. The van der Waals surface area contributed by atoms with Gasteiger partial charge in [-0.15, -0.1) is 0 Å². The summed E-state index contributed by atoms with van der Waals surface area (Å²) in [7, 11) is 0. The first-order valence-corrected chi connectivity index (χ1v) is 6.26. The zero-order valence-corrected chi connectivity index (χ0v) is 11.7. The first kappa shape index (κ1) is 15.8. The summed E-state index contributed by atoms with van der Waals surface area (Å²) in [5.74, 6) is -0.446. The molecule has 0 N–H and O–H groups in total. The van der Waals surface area contributed by atoms with Crippen LogP contribution in [0.25, 0.3) is 0 Å². The fourth-order valence-electron chi connectivity index (χ4n) is 1.88. The molecule has 0 fully saturated rings. The summed E-state index contributed by atoms with van der Waals surface area (Å²) in [6.45, 7) is 5.51. The first-order valence-electron chi connectivity index (χ1n) is 5.89. The zero-order chi connectivity index (χ0) is 14.8. The maximum Gasteiger partial charge on any atom is 0.418 e. The number of hydrogen-bond acceptors (Lipinski definition) is 2. The van der Waals surface area contributed by atoms with E-state index in [0.29, 0.717) is 13.1 Å². The highest BCUT2D eigenvalue weighted by Crippen LogP contribution is 2.41. The third kappa shape index (κ3) is 3.41. The van der Waals surface area contributed by atoms with Crippen LogP contribution in [0, 0.1) is 0 Å². The summed E-state index contributed by atoms with van der Waals surface area (Å²) >= 11 is 5.94. The maximum absolute atomic E-state index is 13.1. The molecule has 0 atom stereocenters. The Labute approximate surface area is 115 Å². The Hall–Kier alpha value is -1.23. The average Bonchev–Trinajstić information content (AvgIpc) is 2.30. The monoisotopic (exact) mass is 293 g/mol. The summed E-state index contributed by atoms with van der Waals surface area (Å²) in [5.41, 5.74) is -0.966. The molecule has 0 unspecified atom stereocenters. The van der Waals surface area contributed by atoms with Gasteiger partial charge in [0.1, 0.15) is 0 Å².